The molecule has 4 heteroatoms. The summed E-state index contributed by atoms with van der Waals surface area (Å²) in [6, 6.07) is 59.0. The highest BCUT2D eigenvalue weighted by atomic mass is 15.0. The van der Waals surface area contributed by atoms with Gasteiger partial charge in [-0.1, -0.05) is 109 Å². The maximum atomic E-state index is 10.3. The van der Waals surface area contributed by atoms with Gasteiger partial charge >= 0.3 is 0 Å². The fraction of sp³-hybridized carbons (Fsp3) is 0. The predicted octanol–water partition coefficient (Wildman–Crippen LogP) is 11.0. The van der Waals surface area contributed by atoms with Gasteiger partial charge in [-0.25, -0.2) is 0 Å². The Bertz CT molecular complexity index is 2730. The second kappa shape index (κ2) is 10.9. The van der Waals surface area contributed by atoms with Crippen molar-refractivity contribution in [3.8, 4) is 45.8 Å². The number of rotatable bonds is 4. The molecular formula is C44H26N4. The van der Waals surface area contributed by atoms with Crippen LogP contribution in [-0.4, -0.2) is 9.13 Å². The van der Waals surface area contributed by atoms with E-state index in [4.69, 9.17) is 0 Å². The summed E-state index contributed by atoms with van der Waals surface area (Å²) in [4.78, 5) is 0. The van der Waals surface area contributed by atoms with Gasteiger partial charge in [-0.05, 0) is 65.2 Å². The third-order valence-electron chi connectivity index (χ3n) is 9.42. The second-order valence-electron chi connectivity index (χ2n) is 12.0. The number of aromatic nitrogens is 2. The van der Waals surface area contributed by atoms with E-state index in [1.807, 2.05) is 30.3 Å². The van der Waals surface area contributed by atoms with Crippen LogP contribution in [0.5, 0.6) is 0 Å². The molecule has 0 N–H and O–H groups in total. The lowest BCUT2D eigenvalue weighted by atomic mass is 9.97. The first-order valence-corrected chi connectivity index (χ1v) is 15.9. The number of benzene rings is 7. The molecule has 9 rings (SSSR count). The minimum absolute atomic E-state index is 0.630. The molecule has 0 saturated carbocycles. The van der Waals surface area contributed by atoms with Gasteiger partial charge < -0.3 is 9.13 Å². The highest BCUT2D eigenvalue weighted by Crippen LogP contribution is 2.39. The summed E-state index contributed by atoms with van der Waals surface area (Å²) in [6.45, 7) is 0. The van der Waals surface area contributed by atoms with Crippen molar-refractivity contribution in [2.24, 2.45) is 0 Å². The SMILES string of the molecule is N#Cc1ccc2c3ccccc3n(-c3ccc(-c4ccc(-c5cccc(C#N)c5-n5c6ccccc6c6ccccc65)cc4)cc3)c2c1. The second-order valence-corrected chi connectivity index (χ2v) is 12.0. The number of para-hydroxylation sites is 4. The normalized spacial score (nSPS) is 11.3. The van der Waals surface area contributed by atoms with E-state index < -0.39 is 0 Å². The fourth-order valence-corrected chi connectivity index (χ4v) is 7.23. The topological polar surface area (TPSA) is 57.4 Å². The summed E-state index contributed by atoms with van der Waals surface area (Å²) in [6.07, 6.45) is 0. The predicted molar refractivity (Wildman–Crippen MR) is 195 cm³/mol. The van der Waals surface area contributed by atoms with Crippen LogP contribution in [-0.2, 0) is 0 Å². The maximum Gasteiger partial charge on any atom is 0.101 e. The number of fused-ring (bicyclic) bond motifs is 6. The van der Waals surface area contributed by atoms with E-state index in [0.29, 0.717) is 11.1 Å². The molecule has 222 valence electrons. The van der Waals surface area contributed by atoms with Crippen LogP contribution in [0.15, 0.2) is 158 Å². The van der Waals surface area contributed by atoms with Crippen LogP contribution in [0.3, 0.4) is 0 Å². The molecule has 48 heavy (non-hydrogen) atoms. The van der Waals surface area contributed by atoms with Gasteiger partial charge in [0.1, 0.15) is 6.07 Å². The van der Waals surface area contributed by atoms with Gasteiger partial charge in [0.25, 0.3) is 0 Å². The van der Waals surface area contributed by atoms with Gasteiger partial charge in [0.05, 0.1) is 45.0 Å². The lowest BCUT2D eigenvalue weighted by Crippen LogP contribution is -2.00. The molecule has 0 bridgehead atoms. The maximum absolute atomic E-state index is 10.3. The molecule has 0 atom stereocenters. The van der Waals surface area contributed by atoms with E-state index >= 15 is 0 Å². The van der Waals surface area contributed by atoms with E-state index in [0.717, 1.165) is 77.2 Å². The zero-order chi connectivity index (χ0) is 32.2. The summed E-state index contributed by atoms with van der Waals surface area (Å²) >= 11 is 0. The highest BCUT2D eigenvalue weighted by Gasteiger charge is 2.19. The number of nitrogens with zero attached hydrogens (tertiary/aromatic N) is 4. The van der Waals surface area contributed by atoms with Crippen molar-refractivity contribution in [1.29, 1.82) is 10.5 Å². The van der Waals surface area contributed by atoms with Gasteiger partial charge in [-0.15, -0.1) is 0 Å². The van der Waals surface area contributed by atoms with E-state index in [-0.39, 0.29) is 0 Å². The Balaban J connectivity index is 1.13. The van der Waals surface area contributed by atoms with Crippen molar-refractivity contribution in [3.05, 3.63) is 169 Å². The van der Waals surface area contributed by atoms with Crippen molar-refractivity contribution < 1.29 is 0 Å². The van der Waals surface area contributed by atoms with Gasteiger partial charge in [-0.2, -0.15) is 10.5 Å². The Morgan fingerprint density at radius 3 is 1.50 bits per heavy atom. The molecule has 2 aromatic heterocycles. The molecule has 0 spiro atoms. The van der Waals surface area contributed by atoms with E-state index in [1.165, 1.54) is 0 Å². The zero-order valence-corrected chi connectivity index (χ0v) is 25.8. The quantitative estimate of drug-likeness (QED) is 0.199. The van der Waals surface area contributed by atoms with Crippen molar-refractivity contribution >= 4 is 43.6 Å². The Kier molecular flexibility index (Phi) is 6.22. The minimum atomic E-state index is 0.630. The zero-order valence-electron chi connectivity index (χ0n) is 25.8. The average molecular weight is 611 g/mol. The summed E-state index contributed by atoms with van der Waals surface area (Å²) < 4.78 is 4.47. The Morgan fingerprint density at radius 1 is 0.396 bits per heavy atom. The first-order chi connectivity index (χ1) is 23.7. The molecule has 0 radical (unpaired) electrons. The molecule has 0 unspecified atom stereocenters. The summed E-state index contributed by atoms with van der Waals surface area (Å²) in [5.74, 6) is 0. The van der Waals surface area contributed by atoms with Crippen molar-refractivity contribution in [3.63, 3.8) is 0 Å². The summed E-state index contributed by atoms with van der Waals surface area (Å²) in [5.41, 5.74) is 11.7. The van der Waals surface area contributed by atoms with E-state index in [9.17, 15) is 10.5 Å². The lowest BCUT2D eigenvalue weighted by molar-refractivity contribution is 1.17. The highest BCUT2D eigenvalue weighted by molar-refractivity contribution is 6.11. The van der Waals surface area contributed by atoms with Crippen molar-refractivity contribution in [2.45, 2.75) is 0 Å². The van der Waals surface area contributed by atoms with Crippen LogP contribution in [0.1, 0.15) is 11.1 Å². The van der Waals surface area contributed by atoms with Crippen LogP contribution in [0.25, 0.3) is 77.2 Å². The first-order valence-electron chi connectivity index (χ1n) is 15.9. The standard InChI is InChI=1S/C44H26N4/c45-27-29-16-25-39-38-11-1-4-13-40(38)47(43(39)26-29)34-23-21-31(22-24-34)30-17-19-32(20-18-30)35-12-7-8-33(28-46)44(35)48-41-14-5-2-9-36(41)37-10-3-6-15-42(37)48/h1-26H. The first kappa shape index (κ1) is 27.4. The monoisotopic (exact) mass is 610 g/mol. The molecule has 0 aliphatic rings. The Hall–Kier alpha value is -6.88. The van der Waals surface area contributed by atoms with E-state index in [1.54, 1.807) is 0 Å². The van der Waals surface area contributed by atoms with Crippen LogP contribution in [0.2, 0.25) is 0 Å². The molecule has 7 aromatic carbocycles. The largest absolute Gasteiger partial charge is 0.309 e. The van der Waals surface area contributed by atoms with Crippen LogP contribution < -0.4 is 0 Å². The smallest absolute Gasteiger partial charge is 0.101 e. The lowest BCUT2D eigenvalue weighted by Gasteiger charge is -2.16. The van der Waals surface area contributed by atoms with Gasteiger partial charge in [0, 0.05) is 32.8 Å². The average Bonchev–Trinajstić information content (AvgIpc) is 3.67. The molecular weight excluding hydrogens is 585 g/mol. The number of nitriles is 2. The van der Waals surface area contributed by atoms with Crippen molar-refractivity contribution in [2.75, 3.05) is 0 Å². The molecule has 4 nitrogen and oxygen atoms in total. The Labute approximate surface area is 277 Å². The Morgan fingerprint density at radius 2 is 0.917 bits per heavy atom. The minimum Gasteiger partial charge on any atom is -0.309 e. The number of hydrogen-bond acceptors (Lipinski definition) is 2. The van der Waals surface area contributed by atoms with E-state index in [2.05, 4.69) is 149 Å². The molecule has 0 fully saturated rings. The van der Waals surface area contributed by atoms with Gasteiger partial charge in [0.15, 0.2) is 0 Å². The summed E-state index contributed by atoms with van der Waals surface area (Å²) in [7, 11) is 0. The van der Waals surface area contributed by atoms with Gasteiger partial charge in [-0.3, -0.25) is 0 Å². The molecule has 9 aromatic rings. The van der Waals surface area contributed by atoms with Crippen LogP contribution in [0, 0.1) is 22.7 Å². The molecule has 2 heterocycles. The van der Waals surface area contributed by atoms with Crippen LogP contribution in [0.4, 0.5) is 0 Å². The van der Waals surface area contributed by atoms with Gasteiger partial charge in [0.2, 0.25) is 0 Å². The van der Waals surface area contributed by atoms with Crippen molar-refractivity contribution in [1.82, 2.24) is 9.13 Å². The fourth-order valence-electron chi connectivity index (χ4n) is 7.23. The third kappa shape index (κ3) is 4.14. The molecule has 0 amide bonds. The molecule has 0 aliphatic heterocycles. The number of hydrogen-bond donors (Lipinski definition) is 0. The summed E-state index contributed by atoms with van der Waals surface area (Å²) in [5, 5.41) is 24.5. The molecule has 0 saturated heterocycles. The molecule has 0 aliphatic carbocycles. The third-order valence-corrected chi connectivity index (χ3v) is 9.42. The van der Waals surface area contributed by atoms with Crippen LogP contribution >= 0.6 is 0 Å².